The molecule has 2 atom stereocenters. The van der Waals surface area contributed by atoms with Gasteiger partial charge < -0.3 is 14.4 Å². The van der Waals surface area contributed by atoms with Crippen molar-refractivity contribution in [3.63, 3.8) is 0 Å². The fourth-order valence-corrected chi connectivity index (χ4v) is 1.99. The van der Waals surface area contributed by atoms with Gasteiger partial charge in [-0.3, -0.25) is 4.79 Å². The summed E-state index contributed by atoms with van der Waals surface area (Å²) in [6.45, 7) is 2.17. The number of aldehydes is 1. The summed E-state index contributed by atoms with van der Waals surface area (Å²) in [6.07, 6.45) is 2.02. The van der Waals surface area contributed by atoms with Crippen molar-refractivity contribution in [3.8, 4) is 0 Å². The minimum absolute atomic E-state index is 0.421. The third kappa shape index (κ3) is 2.34. The van der Waals surface area contributed by atoms with Gasteiger partial charge in [-0.25, -0.2) is 4.98 Å². The van der Waals surface area contributed by atoms with Crippen LogP contribution < -0.4 is 4.90 Å². The summed E-state index contributed by atoms with van der Waals surface area (Å²) in [5, 5.41) is 0. The van der Waals surface area contributed by atoms with Crippen LogP contribution in [0.2, 0.25) is 0 Å². The number of aromatic nitrogens is 1. The second-order valence-electron chi connectivity index (χ2n) is 3.90. The number of carbonyl (C=O) groups excluding carboxylic acids is 1. The van der Waals surface area contributed by atoms with Crippen LogP contribution in [0, 0.1) is 0 Å². The minimum atomic E-state index is -1.03. The van der Waals surface area contributed by atoms with E-state index in [1.165, 1.54) is 0 Å². The predicted octanol–water partition coefficient (Wildman–Crippen LogP) is 1.57. The second kappa shape index (κ2) is 4.72. The van der Waals surface area contributed by atoms with Gasteiger partial charge in [0.1, 0.15) is 5.82 Å². The highest BCUT2D eigenvalue weighted by molar-refractivity contribution is 9.10. The first-order valence-electron chi connectivity index (χ1n) is 5.15. The standard InChI is InChI=1S/C11H13BrN2O3/c1-11(7-15)14(6-10(16-2)17-11)9-4-3-8(12)5-13-9/h3-5,7,10H,6H2,1-2H3. The van der Waals surface area contributed by atoms with E-state index < -0.39 is 12.0 Å². The Morgan fingerprint density at radius 2 is 2.47 bits per heavy atom. The van der Waals surface area contributed by atoms with Crippen molar-refractivity contribution >= 4 is 28.0 Å². The van der Waals surface area contributed by atoms with Crippen LogP contribution in [0.1, 0.15) is 6.92 Å². The average molecular weight is 301 g/mol. The molecule has 17 heavy (non-hydrogen) atoms. The summed E-state index contributed by atoms with van der Waals surface area (Å²) < 4.78 is 11.5. The summed E-state index contributed by atoms with van der Waals surface area (Å²) in [7, 11) is 1.55. The number of rotatable bonds is 3. The number of pyridine rings is 1. The van der Waals surface area contributed by atoms with E-state index >= 15 is 0 Å². The Hall–Kier alpha value is -0.980. The minimum Gasteiger partial charge on any atom is -0.354 e. The first-order chi connectivity index (χ1) is 8.09. The van der Waals surface area contributed by atoms with Gasteiger partial charge in [-0.15, -0.1) is 0 Å². The molecule has 0 spiro atoms. The number of nitrogens with zero attached hydrogens (tertiary/aromatic N) is 2. The first kappa shape index (κ1) is 12.5. The van der Waals surface area contributed by atoms with Crippen molar-refractivity contribution in [2.75, 3.05) is 18.6 Å². The van der Waals surface area contributed by atoms with Gasteiger partial charge in [0.25, 0.3) is 0 Å². The van der Waals surface area contributed by atoms with Crippen molar-refractivity contribution < 1.29 is 14.3 Å². The molecule has 0 amide bonds. The fourth-order valence-electron chi connectivity index (χ4n) is 1.76. The summed E-state index contributed by atoms with van der Waals surface area (Å²) in [5.41, 5.74) is -1.03. The zero-order valence-electron chi connectivity index (χ0n) is 9.59. The lowest BCUT2D eigenvalue weighted by atomic mass is 10.2. The third-order valence-corrected chi connectivity index (χ3v) is 3.18. The number of anilines is 1. The lowest BCUT2D eigenvalue weighted by Gasteiger charge is -2.28. The number of carbonyl (C=O) groups is 1. The second-order valence-corrected chi connectivity index (χ2v) is 4.82. The van der Waals surface area contributed by atoms with E-state index in [9.17, 15) is 4.79 Å². The largest absolute Gasteiger partial charge is 0.354 e. The maximum atomic E-state index is 11.2. The van der Waals surface area contributed by atoms with Crippen LogP contribution in [0.15, 0.2) is 22.8 Å². The molecule has 0 radical (unpaired) electrons. The molecule has 0 aliphatic carbocycles. The van der Waals surface area contributed by atoms with Crippen LogP contribution in [0.3, 0.4) is 0 Å². The van der Waals surface area contributed by atoms with E-state index in [0.29, 0.717) is 12.4 Å². The maximum Gasteiger partial charge on any atom is 0.199 e. The molecule has 5 nitrogen and oxygen atoms in total. The Labute approximate surface area is 108 Å². The van der Waals surface area contributed by atoms with Crippen LogP contribution in [-0.4, -0.2) is 36.9 Å². The molecule has 6 heteroatoms. The molecule has 1 aromatic heterocycles. The summed E-state index contributed by atoms with van der Waals surface area (Å²) >= 11 is 3.32. The Bertz CT molecular complexity index is 412. The monoisotopic (exact) mass is 300 g/mol. The third-order valence-electron chi connectivity index (χ3n) is 2.71. The van der Waals surface area contributed by atoms with Crippen LogP contribution in [0.4, 0.5) is 5.82 Å². The van der Waals surface area contributed by atoms with Gasteiger partial charge in [0, 0.05) is 17.8 Å². The van der Waals surface area contributed by atoms with E-state index in [1.807, 2.05) is 12.1 Å². The van der Waals surface area contributed by atoms with Crippen molar-refractivity contribution in [2.45, 2.75) is 18.9 Å². The van der Waals surface area contributed by atoms with Crippen molar-refractivity contribution in [1.29, 1.82) is 0 Å². The van der Waals surface area contributed by atoms with Gasteiger partial charge in [0.05, 0.1) is 6.54 Å². The maximum absolute atomic E-state index is 11.2. The predicted molar refractivity (Wildman–Crippen MR) is 65.6 cm³/mol. The number of halogens is 1. The highest BCUT2D eigenvalue weighted by Gasteiger charge is 2.44. The average Bonchev–Trinajstić information content (AvgIpc) is 2.69. The molecule has 0 bridgehead atoms. The van der Waals surface area contributed by atoms with Gasteiger partial charge in [-0.2, -0.15) is 0 Å². The van der Waals surface area contributed by atoms with Gasteiger partial charge in [-0.1, -0.05) is 0 Å². The van der Waals surface area contributed by atoms with Crippen molar-refractivity contribution in [3.05, 3.63) is 22.8 Å². The molecule has 2 rings (SSSR count). The lowest BCUT2D eigenvalue weighted by molar-refractivity contribution is -0.155. The molecule has 92 valence electrons. The highest BCUT2D eigenvalue weighted by atomic mass is 79.9. The van der Waals surface area contributed by atoms with Crippen molar-refractivity contribution in [2.24, 2.45) is 0 Å². The van der Waals surface area contributed by atoms with Crippen LogP contribution in [0.25, 0.3) is 0 Å². The van der Waals surface area contributed by atoms with E-state index in [1.54, 1.807) is 25.1 Å². The van der Waals surface area contributed by atoms with E-state index in [4.69, 9.17) is 9.47 Å². The molecule has 1 saturated heterocycles. The molecule has 1 fully saturated rings. The molecule has 2 heterocycles. The van der Waals surface area contributed by atoms with E-state index in [0.717, 1.165) is 10.8 Å². The van der Waals surface area contributed by atoms with Gasteiger partial charge in [0.2, 0.25) is 0 Å². The SMILES string of the molecule is COC1CN(c2ccc(Br)cn2)C(C)(C=O)O1. The lowest BCUT2D eigenvalue weighted by Crippen LogP contribution is -2.44. The molecule has 0 N–H and O–H groups in total. The summed E-state index contributed by atoms with van der Waals surface area (Å²) in [5.74, 6) is 0.683. The van der Waals surface area contributed by atoms with Gasteiger partial charge >= 0.3 is 0 Å². The van der Waals surface area contributed by atoms with Gasteiger partial charge in [-0.05, 0) is 35.0 Å². The highest BCUT2D eigenvalue weighted by Crippen LogP contribution is 2.30. The van der Waals surface area contributed by atoms with Crippen LogP contribution in [0.5, 0.6) is 0 Å². The molecule has 2 unspecified atom stereocenters. The number of hydrogen-bond donors (Lipinski definition) is 0. The molecule has 1 aromatic rings. The Balaban J connectivity index is 2.30. The Morgan fingerprint density at radius 3 is 3.00 bits per heavy atom. The Morgan fingerprint density at radius 1 is 1.71 bits per heavy atom. The summed E-state index contributed by atoms with van der Waals surface area (Å²) in [4.78, 5) is 17.2. The molecule has 1 aliphatic heterocycles. The molecular formula is C11H13BrN2O3. The zero-order valence-corrected chi connectivity index (χ0v) is 11.2. The smallest absolute Gasteiger partial charge is 0.199 e. The molecular weight excluding hydrogens is 288 g/mol. The first-order valence-corrected chi connectivity index (χ1v) is 5.94. The van der Waals surface area contributed by atoms with Crippen molar-refractivity contribution in [1.82, 2.24) is 4.98 Å². The molecule has 1 aliphatic rings. The number of ether oxygens (including phenoxy) is 2. The molecule has 0 saturated carbocycles. The topological polar surface area (TPSA) is 51.7 Å². The zero-order chi connectivity index (χ0) is 12.5. The van der Waals surface area contributed by atoms with Crippen LogP contribution >= 0.6 is 15.9 Å². The fraction of sp³-hybridized carbons (Fsp3) is 0.455. The summed E-state index contributed by atoms with van der Waals surface area (Å²) in [6, 6.07) is 3.70. The van der Waals surface area contributed by atoms with E-state index in [2.05, 4.69) is 20.9 Å². The Kier molecular flexibility index (Phi) is 3.46. The normalized spacial score (nSPS) is 28.4. The van der Waals surface area contributed by atoms with Crippen LogP contribution in [-0.2, 0) is 14.3 Å². The van der Waals surface area contributed by atoms with Gasteiger partial charge in [0.15, 0.2) is 18.3 Å². The molecule has 0 aromatic carbocycles. The number of hydrogen-bond acceptors (Lipinski definition) is 5. The quantitative estimate of drug-likeness (QED) is 0.793. The van der Waals surface area contributed by atoms with E-state index in [-0.39, 0.29) is 0 Å². The number of methoxy groups -OCH3 is 1.